The number of hydrogen-bond donors (Lipinski definition) is 0. The fourth-order valence-corrected chi connectivity index (χ4v) is 3.47. The Hall–Kier alpha value is -0.470. The minimum absolute atomic E-state index is 0.0935. The van der Waals surface area contributed by atoms with Crippen LogP contribution in [0.3, 0.4) is 0 Å². The Morgan fingerprint density at radius 2 is 2.20 bits per heavy atom. The summed E-state index contributed by atoms with van der Waals surface area (Å²) in [5, 5.41) is 0.812. The zero-order chi connectivity index (χ0) is 11.0. The van der Waals surface area contributed by atoms with Crippen LogP contribution in [0.5, 0.6) is 0 Å². The number of ketones is 1. The van der Waals surface area contributed by atoms with E-state index in [1.165, 1.54) is 0 Å². The lowest BCUT2D eigenvalue weighted by Crippen LogP contribution is -2.28. The van der Waals surface area contributed by atoms with Gasteiger partial charge in [0.05, 0.1) is 5.25 Å². The molecule has 1 aromatic rings. The van der Waals surface area contributed by atoms with Gasteiger partial charge < -0.3 is 0 Å². The average Bonchev–Trinajstić information content (AvgIpc) is 2.19. The van der Waals surface area contributed by atoms with Gasteiger partial charge in [-0.15, -0.1) is 11.8 Å². The van der Waals surface area contributed by atoms with Crippen molar-refractivity contribution in [3.05, 3.63) is 34.3 Å². The highest BCUT2D eigenvalue weighted by Gasteiger charge is 2.30. The molecule has 0 fully saturated rings. The fourth-order valence-electron chi connectivity index (χ4n) is 1.83. The van der Waals surface area contributed by atoms with Crippen LogP contribution in [-0.2, 0) is 5.75 Å². The van der Waals surface area contributed by atoms with Crippen molar-refractivity contribution < 1.29 is 4.79 Å². The standard InChI is InChI=1S/C12H13ClOS/c1-7(2)12-11(14)8-4-3-5-10(13)9(8)6-15-12/h3-5,7,12H,6H2,1-2H3. The lowest BCUT2D eigenvalue weighted by molar-refractivity contribution is 0.0973. The van der Waals surface area contributed by atoms with E-state index in [0.29, 0.717) is 5.92 Å². The van der Waals surface area contributed by atoms with Crippen molar-refractivity contribution in [1.29, 1.82) is 0 Å². The first-order valence-corrected chi connectivity index (χ1v) is 6.47. The van der Waals surface area contributed by atoms with Gasteiger partial charge in [-0.25, -0.2) is 0 Å². The monoisotopic (exact) mass is 240 g/mol. The Labute approximate surface area is 99.2 Å². The molecule has 1 unspecified atom stereocenters. The van der Waals surface area contributed by atoms with Crippen LogP contribution in [0.4, 0.5) is 0 Å². The SMILES string of the molecule is CC(C)C1SCc2c(Cl)cccc2C1=O. The van der Waals surface area contributed by atoms with Crippen molar-refractivity contribution >= 4 is 29.1 Å². The first-order chi connectivity index (χ1) is 7.11. The predicted octanol–water partition coefficient (Wildman–Crippen LogP) is 3.79. The topological polar surface area (TPSA) is 17.1 Å². The number of Topliss-reactive ketones (excluding diaryl/α,β-unsaturated/α-hetero) is 1. The van der Waals surface area contributed by atoms with E-state index in [0.717, 1.165) is 21.9 Å². The number of benzene rings is 1. The number of carbonyl (C=O) groups excluding carboxylic acids is 1. The van der Waals surface area contributed by atoms with Gasteiger partial charge in [-0.3, -0.25) is 4.79 Å². The number of carbonyl (C=O) groups is 1. The molecular weight excluding hydrogens is 228 g/mol. The second-order valence-corrected chi connectivity index (χ2v) is 5.64. The van der Waals surface area contributed by atoms with Gasteiger partial charge in [0.25, 0.3) is 0 Å². The summed E-state index contributed by atoms with van der Waals surface area (Å²) in [5.41, 5.74) is 1.83. The number of rotatable bonds is 1. The Balaban J connectivity index is 2.43. The summed E-state index contributed by atoms with van der Waals surface area (Å²) >= 11 is 7.77. The van der Waals surface area contributed by atoms with Crippen LogP contribution in [0.25, 0.3) is 0 Å². The van der Waals surface area contributed by atoms with E-state index in [-0.39, 0.29) is 11.0 Å². The van der Waals surface area contributed by atoms with Crippen LogP contribution in [0.15, 0.2) is 18.2 Å². The second kappa shape index (κ2) is 4.18. The van der Waals surface area contributed by atoms with Crippen LogP contribution in [0, 0.1) is 5.92 Å². The van der Waals surface area contributed by atoms with Crippen LogP contribution in [-0.4, -0.2) is 11.0 Å². The van der Waals surface area contributed by atoms with E-state index >= 15 is 0 Å². The molecule has 0 aromatic heterocycles. The first kappa shape index (κ1) is 11.0. The first-order valence-electron chi connectivity index (χ1n) is 5.04. The third kappa shape index (κ3) is 1.93. The molecule has 0 radical (unpaired) electrons. The fraction of sp³-hybridized carbons (Fsp3) is 0.417. The van der Waals surface area contributed by atoms with E-state index in [4.69, 9.17) is 11.6 Å². The zero-order valence-corrected chi connectivity index (χ0v) is 10.4. The van der Waals surface area contributed by atoms with Crippen LogP contribution in [0.1, 0.15) is 29.8 Å². The molecule has 2 rings (SSSR count). The second-order valence-electron chi connectivity index (χ2n) is 4.11. The Kier molecular flexibility index (Phi) is 3.08. The summed E-state index contributed by atoms with van der Waals surface area (Å²) in [6.45, 7) is 4.18. The molecule has 80 valence electrons. The van der Waals surface area contributed by atoms with Crippen LogP contribution in [0.2, 0.25) is 5.02 Å². The van der Waals surface area contributed by atoms with Gasteiger partial charge in [-0.2, -0.15) is 0 Å². The molecule has 15 heavy (non-hydrogen) atoms. The van der Waals surface area contributed by atoms with Gasteiger partial charge in [0, 0.05) is 16.3 Å². The maximum absolute atomic E-state index is 12.1. The van der Waals surface area contributed by atoms with Crippen molar-refractivity contribution in [3.63, 3.8) is 0 Å². The quantitative estimate of drug-likeness (QED) is 0.743. The molecule has 0 saturated carbocycles. The maximum Gasteiger partial charge on any atom is 0.176 e. The third-order valence-electron chi connectivity index (χ3n) is 2.66. The molecule has 0 N–H and O–H groups in total. The van der Waals surface area contributed by atoms with E-state index < -0.39 is 0 Å². The normalized spacial score (nSPS) is 20.5. The Morgan fingerprint density at radius 1 is 1.47 bits per heavy atom. The summed E-state index contributed by atoms with van der Waals surface area (Å²) in [7, 11) is 0. The van der Waals surface area contributed by atoms with Gasteiger partial charge >= 0.3 is 0 Å². The summed E-state index contributed by atoms with van der Waals surface area (Å²) in [4.78, 5) is 12.1. The lowest BCUT2D eigenvalue weighted by Gasteiger charge is -2.26. The molecule has 1 nitrogen and oxygen atoms in total. The van der Waals surface area contributed by atoms with E-state index in [9.17, 15) is 4.79 Å². The highest BCUT2D eigenvalue weighted by Crippen LogP contribution is 2.36. The van der Waals surface area contributed by atoms with Crippen LogP contribution < -0.4 is 0 Å². The van der Waals surface area contributed by atoms with Gasteiger partial charge in [0.2, 0.25) is 0 Å². The molecule has 0 aliphatic carbocycles. The summed E-state index contributed by atoms with van der Waals surface area (Å²) in [5.74, 6) is 1.47. The predicted molar refractivity (Wildman–Crippen MR) is 65.7 cm³/mol. The molecule has 1 heterocycles. The van der Waals surface area contributed by atoms with Gasteiger partial charge in [0.1, 0.15) is 0 Å². The molecule has 0 amide bonds. The Bertz CT molecular complexity index is 401. The minimum Gasteiger partial charge on any atom is -0.293 e. The number of hydrogen-bond acceptors (Lipinski definition) is 2. The zero-order valence-electron chi connectivity index (χ0n) is 8.79. The molecule has 1 aromatic carbocycles. The third-order valence-corrected chi connectivity index (χ3v) is 4.58. The summed E-state index contributed by atoms with van der Waals surface area (Å²) in [6.07, 6.45) is 0. The van der Waals surface area contributed by atoms with Crippen molar-refractivity contribution in [3.8, 4) is 0 Å². The molecule has 1 aliphatic rings. The minimum atomic E-state index is 0.0935. The van der Waals surface area contributed by atoms with E-state index in [2.05, 4.69) is 13.8 Å². The van der Waals surface area contributed by atoms with Gasteiger partial charge in [0.15, 0.2) is 5.78 Å². The number of fused-ring (bicyclic) bond motifs is 1. The van der Waals surface area contributed by atoms with E-state index in [1.807, 2.05) is 18.2 Å². The highest BCUT2D eigenvalue weighted by molar-refractivity contribution is 8.00. The van der Waals surface area contributed by atoms with Crippen molar-refractivity contribution in [2.24, 2.45) is 5.92 Å². The summed E-state index contributed by atoms with van der Waals surface area (Å²) < 4.78 is 0. The Morgan fingerprint density at radius 3 is 2.87 bits per heavy atom. The molecule has 3 heteroatoms. The smallest absolute Gasteiger partial charge is 0.176 e. The van der Waals surface area contributed by atoms with Gasteiger partial charge in [-0.05, 0) is 17.5 Å². The molecule has 0 bridgehead atoms. The van der Waals surface area contributed by atoms with Crippen LogP contribution >= 0.6 is 23.4 Å². The average molecular weight is 241 g/mol. The molecule has 0 spiro atoms. The summed E-state index contributed by atoms with van der Waals surface area (Å²) in [6, 6.07) is 5.59. The van der Waals surface area contributed by atoms with Gasteiger partial charge in [-0.1, -0.05) is 37.6 Å². The van der Waals surface area contributed by atoms with Crippen molar-refractivity contribution in [1.82, 2.24) is 0 Å². The molecule has 1 aliphatic heterocycles. The molecule has 0 saturated heterocycles. The molecular formula is C12H13ClOS. The van der Waals surface area contributed by atoms with E-state index in [1.54, 1.807) is 11.8 Å². The van der Waals surface area contributed by atoms with Crippen molar-refractivity contribution in [2.75, 3.05) is 0 Å². The van der Waals surface area contributed by atoms with Crippen molar-refractivity contribution in [2.45, 2.75) is 24.9 Å². The number of thioether (sulfide) groups is 1. The molecule has 1 atom stereocenters. The lowest BCUT2D eigenvalue weighted by atomic mass is 9.96. The largest absolute Gasteiger partial charge is 0.293 e. The maximum atomic E-state index is 12.1. The highest BCUT2D eigenvalue weighted by atomic mass is 35.5. The number of halogens is 1.